The molecule has 0 atom stereocenters. The van der Waals surface area contributed by atoms with Gasteiger partial charge in [0.2, 0.25) is 0 Å². The molecule has 1 rings (SSSR count). The normalized spacial score (nSPS) is 12.1. The summed E-state index contributed by atoms with van der Waals surface area (Å²) < 4.78 is 37.5. The highest BCUT2D eigenvalue weighted by molar-refractivity contribution is 5.90. The highest BCUT2D eigenvalue weighted by atomic mass is 19.4. The molecule has 0 fully saturated rings. The van der Waals surface area contributed by atoms with Crippen molar-refractivity contribution in [2.75, 3.05) is 18.5 Å². The average molecular weight is 332 g/mol. The van der Waals surface area contributed by atoms with Crippen LogP contribution in [0.2, 0.25) is 0 Å². The summed E-state index contributed by atoms with van der Waals surface area (Å²) in [5.74, 6) is 0. The lowest BCUT2D eigenvalue weighted by Crippen LogP contribution is -2.31. The minimum atomic E-state index is -4.33. The molecule has 0 aromatic heterocycles. The van der Waals surface area contributed by atoms with Gasteiger partial charge in [-0.15, -0.1) is 0 Å². The predicted octanol–water partition coefficient (Wildman–Crippen LogP) is 3.71. The summed E-state index contributed by atoms with van der Waals surface area (Å²) in [5.41, 5.74) is -0.0353. The van der Waals surface area contributed by atoms with E-state index in [0.717, 1.165) is 6.42 Å². The van der Waals surface area contributed by atoms with Crippen LogP contribution in [-0.2, 0) is 6.42 Å². The molecule has 7 heteroatoms. The van der Waals surface area contributed by atoms with Crippen molar-refractivity contribution in [2.24, 2.45) is 5.41 Å². The van der Waals surface area contributed by atoms with Crippen molar-refractivity contribution in [1.82, 2.24) is 5.32 Å². The smallest absolute Gasteiger partial charge is 0.393 e. The molecule has 1 aromatic carbocycles. The monoisotopic (exact) mass is 332 g/mol. The molecule has 0 bridgehead atoms. The van der Waals surface area contributed by atoms with E-state index in [4.69, 9.17) is 5.11 Å². The topological polar surface area (TPSA) is 61.4 Å². The van der Waals surface area contributed by atoms with Crippen molar-refractivity contribution in [1.29, 1.82) is 0 Å². The Morgan fingerprint density at radius 3 is 2.48 bits per heavy atom. The fourth-order valence-corrected chi connectivity index (χ4v) is 2.03. The zero-order valence-electron chi connectivity index (χ0n) is 13.3. The Hall–Kier alpha value is -1.76. The van der Waals surface area contributed by atoms with E-state index in [2.05, 4.69) is 10.6 Å². The van der Waals surface area contributed by atoms with Gasteiger partial charge in [-0.2, -0.15) is 13.2 Å². The van der Waals surface area contributed by atoms with Gasteiger partial charge in [0.1, 0.15) is 0 Å². The number of aliphatic hydroxyl groups excluding tert-OH is 1. The van der Waals surface area contributed by atoms with E-state index in [-0.39, 0.29) is 23.3 Å². The van der Waals surface area contributed by atoms with Gasteiger partial charge in [0.05, 0.1) is 6.42 Å². The van der Waals surface area contributed by atoms with E-state index >= 15 is 0 Å². The Balaban J connectivity index is 2.49. The van der Waals surface area contributed by atoms with Gasteiger partial charge in [-0.25, -0.2) is 4.79 Å². The van der Waals surface area contributed by atoms with Crippen LogP contribution in [0.15, 0.2) is 24.3 Å². The molecule has 130 valence electrons. The first-order valence-electron chi connectivity index (χ1n) is 7.43. The molecule has 23 heavy (non-hydrogen) atoms. The number of amides is 2. The third kappa shape index (κ3) is 7.88. The molecule has 0 aliphatic carbocycles. The van der Waals surface area contributed by atoms with E-state index < -0.39 is 18.6 Å². The maximum absolute atomic E-state index is 12.5. The lowest BCUT2D eigenvalue weighted by molar-refractivity contribution is -0.127. The van der Waals surface area contributed by atoms with Crippen LogP contribution >= 0.6 is 0 Å². The van der Waals surface area contributed by atoms with Gasteiger partial charge in [0, 0.05) is 18.8 Å². The van der Waals surface area contributed by atoms with Crippen LogP contribution < -0.4 is 10.6 Å². The van der Waals surface area contributed by atoms with Crippen molar-refractivity contribution in [3.63, 3.8) is 0 Å². The summed E-state index contributed by atoms with van der Waals surface area (Å²) in [4.78, 5) is 11.8. The first-order chi connectivity index (χ1) is 10.6. The van der Waals surface area contributed by atoms with E-state index in [0.29, 0.717) is 13.0 Å². The van der Waals surface area contributed by atoms with Crippen LogP contribution in [0.5, 0.6) is 0 Å². The molecule has 3 N–H and O–H groups in total. The molecule has 4 nitrogen and oxygen atoms in total. The number of carbonyl (C=O) groups excluding carboxylic acids is 1. The van der Waals surface area contributed by atoms with Crippen molar-refractivity contribution in [3.05, 3.63) is 29.8 Å². The van der Waals surface area contributed by atoms with E-state index in [1.807, 2.05) is 13.8 Å². The standard InChI is InChI=1S/C16H23F3N2O2/c1-15(2,11-22)8-5-9-20-14(23)21-13-7-4-3-6-12(13)10-16(17,18)19/h3-4,6-7,22H,5,8-11H2,1-2H3,(H2,20,21,23). The quantitative estimate of drug-likeness (QED) is 0.667. The average Bonchev–Trinajstić information content (AvgIpc) is 2.44. The number of benzene rings is 1. The highest BCUT2D eigenvalue weighted by Gasteiger charge is 2.29. The summed E-state index contributed by atoms with van der Waals surface area (Å²) in [6, 6.07) is 5.31. The van der Waals surface area contributed by atoms with Gasteiger partial charge < -0.3 is 15.7 Å². The van der Waals surface area contributed by atoms with Crippen molar-refractivity contribution in [2.45, 2.75) is 39.3 Å². The molecule has 1 aromatic rings. The van der Waals surface area contributed by atoms with Crippen molar-refractivity contribution >= 4 is 11.7 Å². The van der Waals surface area contributed by atoms with E-state index in [1.54, 1.807) is 6.07 Å². The summed E-state index contributed by atoms with van der Waals surface area (Å²) >= 11 is 0. The first-order valence-corrected chi connectivity index (χ1v) is 7.43. The first kappa shape index (κ1) is 19.3. The molecule has 0 saturated heterocycles. The molecule has 0 saturated carbocycles. The number of para-hydroxylation sites is 1. The predicted molar refractivity (Wildman–Crippen MR) is 83.3 cm³/mol. The van der Waals surface area contributed by atoms with E-state index in [9.17, 15) is 18.0 Å². The van der Waals surface area contributed by atoms with E-state index in [1.165, 1.54) is 18.2 Å². The number of nitrogens with one attached hydrogen (secondary N) is 2. The van der Waals surface area contributed by atoms with Gasteiger partial charge in [-0.1, -0.05) is 32.0 Å². The number of aliphatic hydroxyl groups is 1. The number of rotatable bonds is 7. The third-order valence-corrected chi connectivity index (χ3v) is 3.40. The summed E-state index contributed by atoms with van der Waals surface area (Å²) in [7, 11) is 0. The molecule has 0 heterocycles. The van der Waals surface area contributed by atoms with Crippen molar-refractivity contribution in [3.8, 4) is 0 Å². The van der Waals surface area contributed by atoms with Gasteiger partial charge in [-0.05, 0) is 29.9 Å². The maximum Gasteiger partial charge on any atom is 0.393 e. The summed E-state index contributed by atoms with van der Waals surface area (Å²) in [6.45, 7) is 4.28. The van der Waals surface area contributed by atoms with Crippen LogP contribution in [0, 0.1) is 5.41 Å². The number of hydrogen-bond acceptors (Lipinski definition) is 2. The molecular formula is C16H23F3N2O2. The number of alkyl halides is 3. The molecule has 0 spiro atoms. The number of halogens is 3. The lowest BCUT2D eigenvalue weighted by Gasteiger charge is -2.21. The molecule has 0 radical (unpaired) electrons. The Bertz CT molecular complexity index is 516. The number of hydrogen-bond donors (Lipinski definition) is 3. The van der Waals surface area contributed by atoms with Crippen molar-refractivity contribution < 1.29 is 23.1 Å². The second kappa shape index (κ2) is 8.19. The number of urea groups is 1. The molecule has 2 amide bonds. The second-order valence-electron chi connectivity index (χ2n) is 6.26. The van der Waals surface area contributed by atoms with Crippen LogP contribution in [0.25, 0.3) is 0 Å². The molecule has 0 aliphatic rings. The fraction of sp³-hybridized carbons (Fsp3) is 0.562. The van der Waals surface area contributed by atoms with Gasteiger partial charge in [0.15, 0.2) is 0 Å². The Morgan fingerprint density at radius 2 is 1.87 bits per heavy atom. The molecule has 0 aliphatic heterocycles. The number of anilines is 1. The Morgan fingerprint density at radius 1 is 1.22 bits per heavy atom. The van der Waals surface area contributed by atoms with Gasteiger partial charge >= 0.3 is 12.2 Å². The second-order valence-corrected chi connectivity index (χ2v) is 6.26. The van der Waals surface area contributed by atoms with Crippen LogP contribution in [0.4, 0.5) is 23.7 Å². The van der Waals surface area contributed by atoms with Gasteiger partial charge in [-0.3, -0.25) is 0 Å². The van der Waals surface area contributed by atoms with Crippen LogP contribution in [0.1, 0.15) is 32.3 Å². The minimum absolute atomic E-state index is 0.0246. The minimum Gasteiger partial charge on any atom is -0.396 e. The maximum atomic E-state index is 12.5. The zero-order valence-corrected chi connectivity index (χ0v) is 13.3. The molecule has 0 unspecified atom stereocenters. The largest absolute Gasteiger partial charge is 0.396 e. The lowest BCUT2D eigenvalue weighted by atomic mass is 9.89. The molecular weight excluding hydrogens is 309 g/mol. The van der Waals surface area contributed by atoms with Crippen LogP contribution in [-0.4, -0.2) is 30.5 Å². The van der Waals surface area contributed by atoms with Gasteiger partial charge in [0.25, 0.3) is 0 Å². The third-order valence-electron chi connectivity index (χ3n) is 3.40. The SMILES string of the molecule is CC(C)(CO)CCCNC(=O)Nc1ccccc1CC(F)(F)F. The fourth-order valence-electron chi connectivity index (χ4n) is 2.03. The number of carbonyl (C=O) groups is 1. The Labute approximate surface area is 134 Å². The summed E-state index contributed by atoms with van der Waals surface area (Å²) in [6.07, 6.45) is -4.02. The highest BCUT2D eigenvalue weighted by Crippen LogP contribution is 2.26. The summed E-state index contributed by atoms with van der Waals surface area (Å²) in [5, 5.41) is 14.2. The zero-order chi connectivity index (χ0) is 17.5. The van der Waals surface area contributed by atoms with Crippen LogP contribution in [0.3, 0.4) is 0 Å². The Kier molecular flexibility index (Phi) is 6.87.